The fourth-order valence-corrected chi connectivity index (χ4v) is 2.47. The van der Waals surface area contributed by atoms with E-state index in [9.17, 15) is 5.11 Å². The second kappa shape index (κ2) is 4.24. The molecule has 1 fully saturated rings. The minimum Gasteiger partial charge on any atom is -0.390 e. The van der Waals surface area contributed by atoms with Gasteiger partial charge in [-0.25, -0.2) is 9.50 Å². The zero-order valence-corrected chi connectivity index (χ0v) is 10.6. The third-order valence-corrected chi connectivity index (χ3v) is 3.63. The summed E-state index contributed by atoms with van der Waals surface area (Å²) < 4.78 is 1.76. The summed E-state index contributed by atoms with van der Waals surface area (Å²) in [5.74, 6) is 0.973. The first-order chi connectivity index (χ1) is 8.64. The predicted molar refractivity (Wildman–Crippen MR) is 69.7 cm³/mol. The molecule has 3 rings (SSSR count). The van der Waals surface area contributed by atoms with E-state index < -0.39 is 5.60 Å². The number of nitrogens with zero attached hydrogens (tertiary/aromatic N) is 4. The van der Waals surface area contributed by atoms with Gasteiger partial charge < -0.3 is 10.0 Å². The van der Waals surface area contributed by atoms with Gasteiger partial charge in [0.25, 0.3) is 0 Å². The summed E-state index contributed by atoms with van der Waals surface area (Å²) in [6, 6.07) is 3.89. The summed E-state index contributed by atoms with van der Waals surface area (Å²) in [4.78, 5) is 6.84. The number of hydrogen-bond donors (Lipinski definition) is 1. The number of hydrogen-bond acceptors (Lipinski definition) is 4. The Labute approximate surface area is 106 Å². The van der Waals surface area contributed by atoms with Gasteiger partial charge in [-0.1, -0.05) is 0 Å². The molecule has 1 unspecified atom stereocenters. The standard InChI is InChI=1S/C13H18N4O/c1-13(18)5-2-8-16(10-6-13)11-4-9-17-12(15-11)3-7-14-17/h3-4,7,9,18H,2,5-6,8,10H2,1H3. The van der Waals surface area contributed by atoms with Gasteiger partial charge in [0.05, 0.1) is 11.8 Å². The number of rotatable bonds is 1. The zero-order valence-electron chi connectivity index (χ0n) is 10.6. The SMILES string of the molecule is CC1(O)CCCN(c2ccn3nccc3n2)CC1. The average Bonchev–Trinajstić information content (AvgIpc) is 2.72. The maximum atomic E-state index is 10.1. The second-order valence-electron chi connectivity index (χ2n) is 5.26. The van der Waals surface area contributed by atoms with E-state index >= 15 is 0 Å². The van der Waals surface area contributed by atoms with Gasteiger partial charge in [0.1, 0.15) is 5.82 Å². The lowest BCUT2D eigenvalue weighted by Crippen LogP contribution is -2.28. The highest BCUT2D eigenvalue weighted by Gasteiger charge is 2.25. The van der Waals surface area contributed by atoms with Gasteiger partial charge in [-0.15, -0.1) is 0 Å². The van der Waals surface area contributed by atoms with Crippen molar-refractivity contribution in [3.05, 3.63) is 24.5 Å². The molecule has 1 aliphatic rings. The maximum Gasteiger partial charge on any atom is 0.157 e. The minimum atomic E-state index is -0.532. The van der Waals surface area contributed by atoms with Crippen LogP contribution in [-0.2, 0) is 0 Å². The lowest BCUT2D eigenvalue weighted by Gasteiger charge is -2.23. The third-order valence-electron chi connectivity index (χ3n) is 3.63. The van der Waals surface area contributed by atoms with Gasteiger partial charge in [0.15, 0.2) is 5.65 Å². The normalized spacial score (nSPS) is 25.3. The summed E-state index contributed by atoms with van der Waals surface area (Å²) in [7, 11) is 0. The Morgan fingerprint density at radius 2 is 2.17 bits per heavy atom. The zero-order chi connectivity index (χ0) is 12.6. The van der Waals surface area contributed by atoms with Crippen molar-refractivity contribution in [2.75, 3.05) is 18.0 Å². The van der Waals surface area contributed by atoms with Crippen LogP contribution < -0.4 is 4.90 Å². The smallest absolute Gasteiger partial charge is 0.157 e. The Bertz CT molecular complexity index is 549. The lowest BCUT2D eigenvalue weighted by atomic mass is 9.98. The highest BCUT2D eigenvalue weighted by atomic mass is 16.3. The topological polar surface area (TPSA) is 53.7 Å². The minimum absolute atomic E-state index is 0.532. The molecular formula is C13H18N4O. The quantitative estimate of drug-likeness (QED) is 0.828. The van der Waals surface area contributed by atoms with Crippen LogP contribution in [0.1, 0.15) is 26.2 Å². The maximum absolute atomic E-state index is 10.1. The molecule has 1 aliphatic heterocycles. The first kappa shape index (κ1) is 11.5. The molecule has 96 valence electrons. The average molecular weight is 246 g/mol. The Kier molecular flexibility index (Phi) is 2.70. The largest absolute Gasteiger partial charge is 0.390 e. The molecule has 3 heterocycles. The van der Waals surface area contributed by atoms with E-state index in [1.54, 1.807) is 10.7 Å². The van der Waals surface area contributed by atoms with Crippen molar-refractivity contribution in [3.8, 4) is 0 Å². The molecule has 0 aromatic carbocycles. The molecule has 2 aromatic heterocycles. The number of fused-ring (bicyclic) bond motifs is 1. The van der Waals surface area contributed by atoms with Crippen molar-refractivity contribution < 1.29 is 5.11 Å². The van der Waals surface area contributed by atoms with E-state index in [0.29, 0.717) is 0 Å². The van der Waals surface area contributed by atoms with Crippen molar-refractivity contribution in [2.24, 2.45) is 0 Å². The summed E-state index contributed by atoms with van der Waals surface area (Å²) in [6.45, 7) is 3.72. The first-order valence-corrected chi connectivity index (χ1v) is 6.42. The van der Waals surface area contributed by atoms with Crippen molar-refractivity contribution >= 4 is 11.5 Å². The van der Waals surface area contributed by atoms with Gasteiger partial charge in [0, 0.05) is 25.4 Å². The summed E-state index contributed by atoms with van der Waals surface area (Å²) in [5.41, 5.74) is 0.332. The summed E-state index contributed by atoms with van der Waals surface area (Å²) >= 11 is 0. The molecular weight excluding hydrogens is 228 g/mol. The fraction of sp³-hybridized carbons (Fsp3) is 0.538. The predicted octanol–water partition coefficient (Wildman–Crippen LogP) is 1.47. The molecule has 0 radical (unpaired) electrons. The van der Waals surface area contributed by atoms with Crippen molar-refractivity contribution in [1.82, 2.24) is 14.6 Å². The van der Waals surface area contributed by atoms with Crippen LogP contribution in [0.2, 0.25) is 0 Å². The fourth-order valence-electron chi connectivity index (χ4n) is 2.47. The van der Waals surface area contributed by atoms with Gasteiger partial charge >= 0.3 is 0 Å². The van der Waals surface area contributed by atoms with Gasteiger partial charge in [-0.3, -0.25) is 0 Å². The molecule has 0 amide bonds. The third kappa shape index (κ3) is 2.18. The van der Waals surface area contributed by atoms with Crippen LogP contribution in [0.5, 0.6) is 0 Å². The van der Waals surface area contributed by atoms with Crippen molar-refractivity contribution in [2.45, 2.75) is 31.8 Å². The molecule has 5 nitrogen and oxygen atoms in total. The molecule has 1 saturated heterocycles. The van der Waals surface area contributed by atoms with E-state index in [-0.39, 0.29) is 0 Å². The van der Waals surface area contributed by atoms with E-state index in [1.165, 1.54) is 0 Å². The molecule has 1 atom stereocenters. The number of aliphatic hydroxyl groups is 1. The molecule has 0 aliphatic carbocycles. The lowest BCUT2D eigenvalue weighted by molar-refractivity contribution is 0.0481. The number of aromatic nitrogens is 3. The van der Waals surface area contributed by atoms with Crippen LogP contribution >= 0.6 is 0 Å². The molecule has 5 heteroatoms. The van der Waals surface area contributed by atoms with Crippen LogP contribution in [-0.4, -0.2) is 38.4 Å². The Balaban J connectivity index is 1.85. The monoisotopic (exact) mass is 246 g/mol. The molecule has 0 spiro atoms. The second-order valence-corrected chi connectivity index (χ2v) is 5.26. The van der Waals surface area contributed by atoms with Crippen LogP contribution in [0.25, 0.3) is 5.65 Å². The highest BCUT2D eigenvalue weighted by molar-refractivity contribution is 5.47. The van der Waals surface area contributed by atoms with Crippen molar-refractivity contribution in [1.29, 1.82) is 0 Å². The van der Waals surface area contributed by atoms with E-state index in [4.69, 9.17) is 0 Å². The molecule has 0 saturated carbocycles. The van der Waals surface area contributed by atoms with E-state index in [2.05, 4.69) is 15.0 Å². The van der Waals surface area contributed by atoms with Gasteiger partial charge in [-0.2, -0.15) is 5.10 Å². The Hall–Kier alpha value is -1.62. The van der Waals surface area contributed by atoms with Gasteiger partial charge in [0.2, 0.25) is 0 Å². The van der Waals surface area contributed by atoms with Crippen LogP contribution in [0.4, 0.5) is 5.82 Å². The Morgan fingerprint density at radius 3 is 3.06 bits per heavy atom. The molecule has 2 aromatic rings. The van der Waals surface area contributed by atoms with Gasteiger partial charge in [-0.05, 0) is 32.3 Å². The Morgan fingerprint density at radius 1 is 1.28 bits per heavy atom. The van der Waals surface area contributed by atoms with E-state index in [1.807, 2.05) is 25.3 Å². The molecule has 1 N–H and O–H groups in total. The van der Waals surface area contributed by atoms with E-state index in [0.717, 1.165) is 43.8 Å². The van der Waals surface area contributed by atoms with Crippen LogP contribution in [0.15, 0.2) is 24.5 Å². The highest BCUT2D eigenvalue weighted by Crippen LogP contribution is 2.24. The summed E-state index contributed by atoms with van der Waals surface area (Å²) in [5, 5.41) is 14.2. The first-order valence-electron chi connectivity index (χ1n) is 6.42. The number of anilines is 1. The molecule has 18 heavy (non-hydrogen) atoms. The van der Waals surface area contributed by atoms with Crippen molar-refractivity contribution in [3.63, 3.8) is 0 Å². The molecule has 0 bridgehead atoms. The van der Waals surface area contributed by atoms with Crippen LogP contribution in [0.3, 0.4) is 0 Å². The summed E-state index contributed by atoms with van der Waals surface area (Å²) in [6.07, 6.45) is 6.33. The van der Waals surface area contributed by atoms with Crippen LogP contribution in [0, 0.1) is 0 Å².